The molecule has 1 saturated carbocycles. The highest BCUT2D eigenvalue weighted by atomic mass is 16.7. The summed E-state index contributed by atoms with van der Waals surface area (Å²) >= 11 is 0. The Morgan fingerprint density at radius 1 is 1.08 bits per heavy atom. The number of fused-ring (bicyclic) bond motifs is 2. The molecule has 0 bridgehead atoms. The molecule has 0 radical (unpaired) electrons. The van der Waals surface area contributed by atoms with E-state index in [1.807, 2.05) is 23.1 Å². The first-order valence-corrected chi connectivity index (χ1v) is 11.9. The summed E-state index contributed by atoms with van der Waals surface area (Å²) < 4.78 is 12.6. The number of benzene rings is 2. The molecule has 11 heteroatoms. The Bertz CT molecular complexity index is 1460. The van der Waals surface area contributed by atoms with Crippen molar-refractivity contribution >= 4 is 28.2 Å². The van der Waals surface area contributed by atoms with Crippen molar-refractivity contribution in [3.8, 4) is 11.5 Å². The third kappa shape index (κ3) is 3.91. The lowest BCUT2D eigenvalue weighted by Crippen LogP contribution is -2.46. The number of nitrogens with zero attached hydrogens (tertiary/aromatic N) is 4. The van der Waals surface area contributed by atoms with Gasteiger partial charge in [0.2, 0.25) is 12.2 Å². The molecule has 1 saturated heterocycles. The van der Waals surface area contributed by atoms with Crippen LogP contribution in [0.5, 0.6) is 11.5 Å². The first kappa shape index (κ1) is 22.4. The van der Waals surface area contributed by atoms with E-state index >= 15 is 0 Å². The molecule has 1 aromatic heterocycles. The normalized spacial score (nSPS) is 17.5. The number of aromatic nitrogens is 1. The van der Waals surface area contributed by atoms with Crippen molar-refractivity contribution < 1.29 is 24.3 Å². The van der Waals surface area contributed by atoms with Gasteiger partial charge >= 0.3 is 5.97 Å². The Kier molecular flexibility index (Phi) is 5.29. The fourth-order valence-corrected chi connectivity index (χ4v) is 5.02. The third-order valence-electron chi connectivity index (χ3n) is 7.05. The van der Waals surface area contributed by atoms with Crippen molar-refractivity contribution in [3.63, 3.8) is 0 Å². The van der Waals surface area contributed by atoms with Gasteiger partial charge in [0, 0.05) is 51.0 Å². The van der Waals surface area contributed by atoms with Gasteiger partial charge < -0.3 is 24.0 Å². The number of aromatic carboxylic acids is 1. The smallest absolute Gasteiger partial charge is 0.341 e. The average Bonchev–Trinajstić information content (AvgIpc) is 3.60. The second-order valence-electron chi connectivity index (χ2n) is 9.38. The van der Waals surface area contributed by atoms with Crippen molar-refractivity contribution in [1.82, 2.24) is 9.47 Å². The van der Waals surface area contributed by atoms with Crippen LogP contribution in [0.2, 0.25) is 0 Å². The van der Waals surface area contributed by atoms with Crippen molar-refractivity contribution in [2.75, 3.05) is 37.9 Å². The summed E-state index contributed by atoms with van der Waals surface area (Å²) in [6.45, 7) is 3.53. The minimum absolute atomic E-state index is 0.0682. The molecule has 3 aliphatic rings. The topological polar surface area (TPSA) is 127 Å². The Hall–Kier alpha value is -4.12. The zero-order chi connectivity index (χ0) is 25.0. The van der Waals surface area contributed by atoms with Crippen LogP contribution in [0.25, 0.3) is 10.9 Å². The molecular weight excluding hydrogens is 468 g/mol. The zero-order valence-corrected chi connectivity index (χ0v) is 19.4. The highest BCUT2D eigenvalue weighted by Gasteiger charge is 2.30. The van der Waals surface area contributed by atoms with Gasteiger partial charge in [0.05, 0.1) is 15.8 Å². The van der Waals surface area contributed by atoms with Crippen LogP contribution in [0.15, 0.2) is 41.3 Å². The minimum atomic E-state index is -1.33. The van der Waals surface area contributed by atoms with Gasteiger partial charge in [-0.3, -0.25) is 19.8 Å². The molecule has 3 heterocycles. The Morgan fingerprint density at radius 3 is 2.53 bits per heavy atom. The summed E-state index contributed by atoms with van der Waals surface area (Å²) in [6, 6.07) is 8.92. The van der Waals surface area contributed by atoms with E-state index in [1.165, 1.54) is 12.3 Å². The number of carboxylic acids is 1. The molecule has 11 nitrogen and oxygen atoms in total. The highest BCUT2D eigenvalue weighted by molar-refractivity contribution is 5.95. The summed E-state index contributed by atoms with van der Waals surface area (Å²) in [5.41, 5.74) is 0.843. The van der Waals surface area contributed by atoms with Crippen LogP contribution >= 0.6 is 0 Å². The fraction of sp³-hybridized carbons (Fsp3) is 0.360. The number of rotatable bonds is 6. The molecule has 36 heavy (non-hydrogen) atoms. The second-order valence-corrected chi connectivity index (χ2v) is 9.38. The Morgan fingerprint density at radius 2 is 1.83 bits per heavy atom. The summed E-state index contributed by atoms with van der Waals surface area (Å²) in [5.74, 6) is 0.152. The molecule has 0 atom stereocenters. The number of carboxylic acid groups (broad SMARTS) is 1. The standard InChI is InChI=1S/C25H24N4O7/c30-24-17-10-21(29(33)34)20(11-19(17)28(16-2-3-16)13-18(24)25(31)32)27-7-5-26(6-8-27)12-15-1-4-22-23(9-15)36-14-35-22/h1,4,9-11,13,16H,2-3,5-8,12,14H2,(H,31,32). The molecule has 0 unspecified atom stereocenters. The third-order valence-corrected chi connectivity index (χ3v) is 7.05. The maximum absolute atomic E-state index is 12.9. The lowest BCUT2D eigenvalue weighted by Gasteiger charge is -2.36. The lowest BCUT2D eigenvalue weighted by molar-refractivity contribution is -0.384. The molecule has 0 spiro atoms. The van der Waals surface area contributed by atoms with Crippen LogP contribution < -0.4 is 19.8 Å². The number of piperazine rings is 1. The molecule has 3 aromatic rings. The zero-order valence-electron chi connectivity index (χ0n) is 19.4. The number of ether oxygens (including phenoxy) is 2. The predicted molar refractivity (Wildman–Crippen MR) is 130 cm³/mol. The van der Waals surface area contributed by atoms with Gasteiger partial charge in [-0.25, -0.2) is 4.79 Å². The van der Waals surface area contributed by atoms with Crippen LogP contribution in [-0.2, 0) is 6.54 Å². The van der Waals surface area contributed by atoms with Crippen molar-refractivity contribution in [2.24, 2.45) is 0 Å². The van der Waals surface area contributed by atoms with Crippen molar-refractivity contribution in [3.05, 3.63) is 68.0 Å². The summed E-state index contributed by atoms with van der Waals surface area (Å²) in [5, 5.41) is 21.5. The van der Waals surface area contributed by atoms with E-state index in [9.17, 15) is 24.8 Å². The fourth-order valence-electron chi connectivity index (χ4n) is 5.02. The van der Waals surface area contributed by atoms with E-state index in [4.69, 9.17) is 9.47 Å². The summed E-state index contributed by atoms with van der Waals surface area (Å²) in [4.78, 5) is 40.2. The number of hydrogen-bond acceptors (Lipinski definition) is 8. The quantitative estimate of drug-likeness (QED) is 0.408. The molecule has 1 N–H and O–H groups in total. The second kappa shape index (κ2) is 8.52. The average molecular weight is 492 g/mol. The van der Waals surface area contributed by atoms with E-state index in [1.54, 1.807) is 10.6 Å². The molecule has 2 fully saturated rings. The van der Waals surface area contributed by atoms with E-state index < -0.39 is 16.3 Å². The molecule has 6 rings (SSSR count). The van der Waals surface area contributed by atoms with Crippen LogP contribution in [0, 0.1) is 10.1 Å². The maximum atomic E-state index is 12.9. The van der Waals surface area contributed by atoms with Gasteiger partial charge in [0.25, 0.3) is 5.69 Å². The number of nitro benzene ring substituents is 1. The number of carbonyl (C=O) groups is 1. The van der Waals surface area contributed by atoms with Gasteiger partial charge in [-0.05, 0) is 36.6 Å². The van der Waals surface area contributed by atoms with Gasteiger partial charge in [-0.1, -0.05) is 6.07 Å². The first-order valence-electron chi connectivity index (χ1n) is 11.9. The van der Waals surface area contributed by atoms with Gasteiger partial charge in [-0.2, -0.15) is 0 Å². The van der Waals surface area contributed by atoms with E-state index in [-0.39, 0.29) is 29.5 Å². The van der Waals surface area contributed by atoms with E-state index in [0.717, 1.165) is 36.4 Å². The summed E-state index contributed by atoms with van der Waals surface area (Å²) in [7, 11) is 0. The predicted octanol–water partition coefficient (Wildman–Crippen LogP) is 2.99. The van der Waals surface area contributed by atoms with E-state index in [2.05, 4.69) is 4.90 Å². The van der Waals surface area contributed by atoms with Gasteiger partial charge in [-0.15, -0.1) is 0 Å². The number of anilines is 1. The Balaban J connectivity index is 1.29. The molecule has 2 aliphatic heterocycles. The number of pyridine rings is 1. The van der Waals surface area contributed by atoms with Crippen LogP contribution in [0.3, 0.4) is 0 Å². The number of nitro groups is 1. The van der Waals surface area contributed by atoms with Gasteiger partial charge in [0.15, 0.2) is 11.5 Å². The lowest BCUT2D eigenvalue weighted by atomic mass is 10.1. The molecule has 2 aromatic carbocycles. The van der Waals surface area contributed by atoms with Crippen molar-refractivity contribution in [1.29, 1.82) is 0 Å². The Labute approximate surface area is 205 Å². The summed E-state index contributed by atoms with van der Waals surface area (Å²) in [6.07, 6.45) is 3.13. The first-order chi connectivity index (χ1) is 17.4. The van der Waals surface area contributed by atoms with Crippen LogP contribution in [0.4, 0.5) is 11.4 Å². The maximum Gasteiger partial charge on any atom is 0.341 e. The SMILES string of the molecule is O=C(O)c1cn(C2CC2)c2cc(N3CCN(Cc4ccc5c(c4)OCO5)CC3)c([N+](=O)[O-])cc2c1=O. The highest BCUT2D eigenvalue weighted by Crippen LogP contribution is 2.40. The van der Waals surface area contributed by atoms with Crippen LogP contribution in [0.1, 0.15) is 34.8 Å². The monoisotopic (exact) mass is 492 g/mol. The number of hydrogen-bond donors (Lipinski definition) is 1. The molecule has 186 valence electrons. The van der Waals surface area contributed by atoms with Crippen molar-refractivity contribution in [2.45, 2.75) is 25.4 Å². The molecule has 1 aliphatic carbocycles. The van der Waals surface area contributed by atoms with E-state index in [0.29, 0.717) is 37.4 Å². The molecule has 0 amide bonds. The minimum Gasteiger partial charge on any atom is -0.477 e. The largest absolute Gasteiger partial charge is 0.477 e. The van der Waals surface area contributed by atoms with Crippen LogP contribution in [-0.4, -0.2) is 58.4 Å². The van der Waals surface area contributed by atoms with Gasteiger partial charge in [0.1, 0.15) is 11.3 Å². The molecular formula is C25H24N4O7.